The minimum atomic E-state index is 0.137. The van der Waals surface area contributed by atoms with Crippen LogP contribution < -0.4 is 10.5 Å². The number of fused-ring (bicyclic) bond motifs is 1. The number of allylic oxidation sites excluding steroid dienone is 3. The first-order chi connectivity index (χ1) is 12.4. The first-order valence-electron chi connectivity index (χ1n) is 7.80. The molecule has 5 nitrogen and oxygen atoms in total. The first-order valence-corrected chi connectivity index (χ1v) is 8.18. The Hall–Kier alpha value is -3.28. The summed E-state index contributed by atoms with van der Waals surface area (Å²) in [7, 11) is 1.56. The largest absolute Gasteiger partial charge is 0.495 e. The van der Waals surface area contributed by atoms with Gasteiger partial charge in [0, 0.05) is 5.56 Å². The van der Waals surface area contributed by atoms with Crippen molar-refractivity contribution >= 4 is 34.6 Å². The lowest BCUT2D eigenvalue weighted by molar-refractivity contribution is 0.415. The number of nitrogens with two attached hydrogens (primary N) is 1. The van der Waals surface area contributed by atoms with Gasteiger partial charge in [-0.2, -0.15) is 10.5 Å². The van der Waals surface area contributed by atoms with E-state index in [0.29, 0.717) is 33.2 Å². The monoisotopic (exact) mass is 362 g/mol. The van der Waals surface area contributed by atoms with E-state index in [4.69, 9.17) is 22.1 Å². The summed E-state index contributed by atoms with van der Waals surface area (Å²) in [6, 6.07) is 9.74. The highest BCUT2D eigenvalue weighted by Crippen LogP contribution is 2.44. The highest BCUT2D eigenvalue weighted by molar-refractivity contribution is 6.32. The Morgan fingerprint density at radius 2 is 1.96 bits per heavy atom. The second kappa shape index (κ2) is 6.55. The number of methoxy groups -OCH3 is 1. The quantitative estimate of drug-likeness (QED) is 0.856. The van der Waals surface area contributed by atoms with E-state index in [1.165, 1.54) is 0 Å². The van der Waals surface area contributed by atoms with Gasteiger partial charge in [0.15, 0.2) is 0 Å². The van der Waals surface area contributed by atoms with Crippen molar-refractivity contribution in [1.82, 2.24) is 4.98 Å². The zero-order valence-electron chi connectivity index (χ0n) is 14.5. The average molecular weight is 363 g/mol. The number of pyridine rings is 1. The summed E-state index contributed by atoms with van der Waals surface area (Å²) in [5.41, 5.74) is 11.2. The summed E-state index contributed by atoms with van der Waals surface area (Å²) in [4.78, 5) is 4.31. The van der Waals surface area contributed by atoms with Crippen LogP contribution >= 0.6 is 11.6 Å². The van der Waals surface area contributed by atoms with Gasteiger partial charge in [-0.25, -0.2) is 4.98 Å². The van der Waals surface area contributed by atoms with Gasteiger partial charge in [-0.05, 0) is 54.3 Å². The predicted octanol–water partition coefficient (Wildman–Crippen LogP) is 4.36. The van der Waals surface area contributed by atoms with Gasteiger partial charge in [-0.1, -0.05) is 17.7 Å². The maximum absolute atomic E-state index is 9.57. The first kappa shape index (κ1) is 17.5. The summed E-state index contributed by atoms with van der Waals surface area (Å²) in [5, 5.41) is 19.5. The van der Waals surface area contributed by atoms with Crippen LogP contribution in [-0.2, 0) is 0 Å². The van der Waals surface area contributed by atoms with Crippen LogP contribution in [0, 0.1) is 29.6 Å². The summed E-state index contributed by atoms with van der Waals surface area (Å²) < 4.78 is 5.18. The van der Waals surface area contributed by atoms with Crippen LogP contribution in [0.25, 0.3) is 17.2 Å². The van der Waals surface area contributed by atoms with Gasteiger partial charge in [0.1, 0.15) is 23.7 Å². The van der Waals surface area contributed by atoms with Crippen LogP contribution in [-0.4, -0.2) is 12.1 Å². The number of nitriles is 2. The van der Waals surface area contributed by atoms with E-state index in [1.54, 1.807) is 19.2 Å². The van der Waals surface area contributed by atoms with Gasteiger partial charge in [-0.3, -0.25) is 0 Å². The van der Waals surface area contributed by atoms with E-state index >= 15 is 0 Å². The fourth-order valence-electron chi connectivity index (χ4n) is 3.13. The average Bonchev–Trinajstić information content (AvgIpc) is 2.86. The molecule has 26 heavy (non-hydrogen) atoms. The van der Waals surface area contributed by atoms with Gasteiger partial charge in [-0.15, -0.1) is 0 Å². The number of anilines is 1. The van der Waals surface area contributed by atoms with Crippen LogP contribution in [0.5, 0.6) is 5.75 Å². The lowest BCUT2D eigenvalue weighted by atomic mass is 9.95. The normalized spacial score (nSPS) is 14.2. The zero-order chi connectivity index (χ0) is 19.0. The van der Waals surface area contributed by atoms with E-state index in [2.05, 4.69) is 17.1 Å². The SMILES string of the molecule is COc1ccc(/C=C2/C(C)=C(C#N)c3nc(N)c(C#N)c(C)c32)cc1Cl. The summed E-state index contributed by atoms with van der Waals surface area (Å²) in [6.45, 7) is 3.68. The molecule has 0 spiro atoms. The number of halogens is 1. The molecule has 0 saturated carbocycles. The molecule has 0 radical (unpaired) electrons. The number of ether oxygens (including phenoxy) is 1. The second-order valence-electron chi connectivity index (χ2n) is 5.90. The minimum Gasteiger partial charge on any atom is -0.495 e. The van der Waals surface area contributed by atoms with E-state index in [0.717, 1.165) is 22.3 Å². The van der Waals surface area contributed by atoms with Crippen LogP contribution in [0.15, 0.2) is 23.8 Å². The van der Waals surface area contributed by atoms with Crippen molar-refractivity contribution in [2.45, 2.75) is 13.8 Å². The smallest absolute Gasteiger partial charge is 0.142 e. The Morgan fingerprint density at radius 1 is 1.23 bits per heavy atom. The Labute approximate surface area is 156 Å². The van der Waals surface area contributed by atoms with Crippen LogP contribution in [0.2, 0.25) is 5.02 Å². The Morgan fingerprint density at radius 3 is 2.54 bits per heavy atom. The molecule has 0 unspecified atom stereocenters. The number of rotatable bonds is 2. The fourth-order valence-corrected chi connectivity index (χ4v) is 3.40. The lowest BCUT2D eigenvalue weighted by Gasteiger charge is -2.11. The van der Waals surface area contributed by atoms with Crippen LogP contribution in [0.4, 0.5) is 5.82 Å². The van der Waals surface area contributed by atoms with Gasteiger partial charge < -0.3 is 10.5 Å². The van der Waals surface area contributed by atoms with E-state index in [-0.39, 0.29) is 5.82 Å². The van der Waals surface area contributed by atoms with Crippen molar-refractivity contribution in [3.8, 4) is 17.9 Å². The zero-order valence-corrected chi connectivity index (χ0v) is 15.3. The second-order valence-corrected chi connectivity index (χ2v) is 6.30. The summed E-state index contributed by atoms with van der Waals surface area (Å²) in [5.74, 6) is 0.723. The topological polar surface area (TPSA) is 95.7 Å². The Bertz CT molecular complexity index is 1080. The maximum atomic E-state index is 9.57. The van der Waals surface area contributed by atoms with E-state index in [9.17, 15) is 10.5 Å². The minimum absolute atomic E-state index is 0.137. The number of aromatic nitrogens is 1. The highest BCUT2D eigenvalue weighted by Gasteiger charge is 2.29. The molecule has 0 saturated heterocycles. The third-order valence-corrected chi connectivity index (χ3v) is 4.77. The number of hydrogen-bond donors (Lipinski definition) is 1. The molecule has 1 aromatic carbocycles. The molecule has 1 heterocycles. The van der Waals surface area contributed by atoms with E-state index < -0.39 is 0 Å². The van der Waals surface area contributed by atoms with Gasteiger partial charge in [0.25, 0.3) is 0 Å². The molecule has 0 amide bonds. The molecule has 0 fully saturated rings. The van der Waals surface area contributed by atoms with Crippen LogP contribution in [0.3, 0.4) is 0 Å². The number of benzene rings is 1. The number of nitrogen functional groups attached to an aromatic ring is 1. The highest BCUT2D eigenvalue weighted by atomic mass is 35.5. The standard InChI is InChI=1S/C20H15ClN4O/c1-10-13(6-12-4-5-17(26-3)16(21)7-12)18-11(2)15(9-23)20(24)25-19(18)14(10)8-22/h4-7H,1-3H3,(H2,24,25)/b13-6-. The van der Waals surface area contributed by atoms with Crippen LogP contribution in [0.1, 0.15) is 34.9 Å². The molecule has 1 aromatic heterocycles. The molecule has 2 aromatic rings. The van der Waals surface area contributed by atoms with E-state index in [1.807, 2.05) is 26.0 Å². The van der Waals surface area contributed by atoms with Crippen molar-refractivity contribution in [2.24, 2.45) is 0 Å². The fraction of sp³-hybridized carbons (Fsp3) is 0.150. The molecule has 128 valence electrons. The predicted molar refractivity (Wildman–Crippen MR) is 102 cm³/mol. The lowest BCUT2D eigenvalue weighted by Crippen LogP contribution is -2.03. The van der Waals surface area contributed by atoms with Crippen molar-refractivity contribution in [3.05, 3.63) is 56.7 Å². The van der Waals surface area contributed by atoms with Crippen molar-refractivity contribution in [2.75, 3.05) is 12.8 Å². The maximum Gasteiger partial charge on any atom is 0.142 e. The molecule has 3 rings (SSSR count). The van der Waals surface area contributed by atoms with Crippen molar-refractivity contribution in [1.29, 1.82) is 10.5 Å². The third-order valence-electron chi connectivity index (χ3n) is 4.47. The summed E-state index contributed by atoms with van der Waals surface area (Å²) >= 11 is 6.22. The molecule has 0 aliphatic heterocycles. The molecular formula is C20H15ClN4O. The van der Waals surface area contributed by atoms with Gasteiger partial charge in [0.2, 0.25) is 0 Å². The molecular weight excluding hydrogens is 348 g/mol. The molecule has 1 aliphatic rings. The molecule has 6 heteroatoms. The van der Waals surface area contributed by atoms with Gasteiger partial charge in [0.05, 0.1) is 29.0 Å². The molecule has 0 bridgehead atoms. The number of nitrogens with zero attached hydrogens (tertiary/aromatic N) is 3. The van der Waals surface area contributed by atoms with Gasteiger partial charge >= 0.3 is 0 Å². The molecule has 1 aliphatic carbocycles. The van der Waals surface area contributed by atoms with Crippen molar-refractivity contribution < 1.29 is 4.74 Å². The summed E-state index contributed by atoms with van der Waals surface area (Å²) in [6.07, 6.45) is 1.93. The Balaban J connectivity index is 2.28. The van der Waals surface area contributed by atoms with Crippen molar-refractivity contribution in [3.63, 3.8) is 0 Å². The molecule has 0 atom stereocenters. The molecule has 2 N–H and O–H groups in total. The third kappa shape index (κ3) is 2.60. The Kier molecular flexibility index (Phi) is 4.42. The number of hydrogen-bond acceptors (Lipinski definition) is 5.